The Bertz CT molecular complexity index is 588. The van der Waals surface area contributed by atoms with Crippen LogP contribution in [0.5, 0.6) is 0 Å². The van der Waals surface area contributed by atoms with Crippen LogP contribution in [0, 0.1) is 5.41 Å². The van der Waals surface area contributed by atoms with Gasteiger partial charge in [-0.05, 0) is 12.5 Å². The van der Waals surface area contributed by atoms with Gasteiger partial charge in [0.05, 0.1) is 11.1 Å². The number of hydrogen-bond donors (Lipinski definition) is 2. The Morgan fingerprint density at radius 1 is 1.33 bits per heavy atom. The average molecular weight is 244 g/mol. The Labute approximate surface area is 104 Å². The van der Waals surface area contributed by atoms with E-state index < -0.39 is 17.3 Å². The van der Waals surface area contributed by atoms with Gasteiger partial charge >= 0.3 is 0 Å². The smallest absolute Gasteiger partial charge is 0.230 e. The lowest BCUT2D eigenvalue weighted by Gasteiger charge is -2.17. The minimum absolute atomic E-state index is 0.00388. The van der Waals surface area contributed by atoms with Crippen molar-refractivity contribution in [1.82, 2.24) is 4.98 Å². The van der Waals surface area contributed by atoms with Gasteiger partial charge < -0.3 is 10.5 Å². The van der Waals surface area contributed by atoms with Gasteiger partial charge in [0.15, 0.2) is 11.5 Å². The number of nitrogens with zero attached hydrogens (tertiary/aromatic N) is 1. The second kappa shape index (κ2) is 4.52. The molecule has 0 radical (unpaired) electrons. The van der Waals surface area contributed by atoms with Gasteiger partial charge in [-0.2, -0.15) is 0 Å². The molecule has 1 aliphatic carbocycles. The molecule has 0 spiro atoms. The van der Waals surface area contributed by atoms with Crippen molar-refractivity contribution in [2.45, 2.75) is 19.8 Å². The van der Waals surface area contributed by atoms with Crippen molar-refractivity contribution in [3.05, 3.63) is 40.9 Å². The number of aliphatic hydroxyl groups excluding tert-OH is 1. The highest BCUT2D eigenvalue weighted by Crippen LogP contribution is 2.25. The number of carbonyl (C=O) groups is 2. The highest BCUT2D eigenvalue weighted by atomic mass is 16.3. The molecule has 18 heavy (non-hydrogen) atoms. The minimum atomic E-state index is -0.645. The van der Waals surface area contributed by atoms with Crippen LogP contribution in [-0.2, 0) is 0 Å². The number of pyridine rings is 1. The summed E-state index contributed by atoms with van der Waals surface area (Å²) in [4.78, 5) is 27.8. The molecule has 1 aromatic rings. The number of ketones is 2. The summed E-state index contributed by atoms with van der Waals surface area (Å²) in [5, 5.41) is 17.6. The third kappa shape index (κ3) is 1.73. The van der Waals surface area contributed by atoms with Gasteiger partial charge in [-0.25, -0.2) is 0 Å². The highest BCUT2D eigenvalue weighted by Gasteiger charge is 2.33. The van der Waals surface area contributed by atoms with Gasteiger partial charge in [-0.1, -0.05) is 13.3 Å². The molecular weight excluding hydrogens is 232 g/mol. The molecule has 1 aliphatic rings. The number of aliphatic hydroxyl groups is 1. The van der Waals surface area contributed by atoms with E-state index in [2.05, 4.69) is 4.98 Å². The first-order chi connectivity index (χ1) is 8.57. The summed E-state index contributed by atoms with van der Waals surface area (Å²) in [6, 6.07) is 1.43. The molecule has 2 rings (SSSR count). The Balaban J connectivity index is 2.57. The molecule has 1 aromatic heterocycles. The Morgan fingerprint density at radius 2 is 2.06 bits per heavy atom. The quantitative estimate of drug-likeness (QED) is 0.796. The summed E-state index contributed by atoms with van der Waals surface area (Å²) < 4.78 is 0. The molecule has 0 amide bonds. The molecule has 0 unspecified atom stereocenters. The minimum Gasteiger partial charge on any atom is -0.504 e. The van der Waals surface area contributed by atoms with Crippen LogP contribution in [-0.4, -0.2) is 27.4 Å². The van der Waals surface area contributed by atoms with Crippen molar-refractivity contribution in [2.24, 2.45) is 0 Å². The van der Waals surface area contributed by atoms with Gasteiger partial charge in [0.1, 0.15) is 0 Å². The lowest BCUT2D eigenvalue weighted by atomic mass is 9.86. The number of carbonyl (C=O) groups excluding carboxylic acids is 2. The predicted molar refractivity (Wildman–Crippen MR) is 65.2 cm³/mol. The van der Waals surface area contributed by atoms with E-state index in [1.165, 1.54) is 18.5 Å². The molecular formula is C13H12N2O3. The summed E-state index contributed by atoms with van der Waals surface area (Å²) in [6.07, 6.45) is 3.68. The van der Waals surface area contributed by atoms with E-state index in [9.17, 15) is 14.7 Å². The number of nitrogens with one attached hydrogen (secondary N) is 1. The van der Waals surface area contributed by atoms with Crippen LogP contribution in [0.1, 0.15) is 40.5 Å². The zero-order chi connectivity index (χ0) is 13.3. The first-order valence-electron chi connectivity index (χ1n) is 5.62. The summed E-state index contributed by atoms with van der Waals surface area (Å²) in [5.41, 5.74) is 0.105. The molecule has 5 nitrogen and oxygen atoms in total. The summed E-state index contributed by atoms with van der Waals surface area (Å²) >= 11 is 0. The van der Waals surface area contributed by atoms with E-state index in [4.69, 9.17) is 5.41 Å². The first kappa shape index (κ1) is 12.2. The third-order valence-corrected chi connectivity index (χ3v) is 2.79. The third-order valence-electron chi connectivity index (χ3n) is 2.79. The molecule has 0 aromatic carbocycles. The maximum absolute atomic E-state index is 12.2. The highest BCUT2D eigenvalue weighted by molar-refractivity contribution is 6.36. The summed E-state index contributed by atoms with van der Waals surface area (Å²) in [7, 11) is 0. The van der Waals surface area contributed by atoms with Crippen LogP contribution < -0.4 is 0 Å². The fourth-order valence-electron chi connectivity index (χ4n) is 1.91. The number of fused-ring (bicyclic) bond motifs is 1. The molecule has 0 atom stereocenters. The van der Waals surface area contributed by atoms with Crippen LogP contribution >= 0.6 is 0 Å². The van der Waals surface area contributed by atoms with Crippen molar-refractivity contribution in [3.63, 3.8) is 0 Å². The normalized spacial score (nSPS) is 14.7. The van der Waals surface area contributed by atoms with Crippen molar-refractivity contribution >= 4 is 17.3 Å². The second-order valence-electron chi connectivity index (χ2n) is 4.03. The van der Waals surface area contributed by atoms with Crippen LogP contribution in [0.3, 0.4) is 0 Å². The van der Waals surface area contributed by atoms with E-state index in [1.54, 1.807) is 0 Å². The van der Waals surface area contributed by atoms with Gasteiger partial charge in [0.2, 0.25) is 5.78 Å². The molecule has 0 saturated heterocycles. The molecule has 0 saturated carbocycles. The fraction of sp³-hybridized carbons (Fsp3) is 0.231. The Kier molecular flexibility index (Phi) is 3.06. The van der Waals surface area contributed by atoms with Gasteiger partial charge in [-0.15, -0.1) is 0 Å². The van der Waals surface area contributed by atoms with Gasteiger partial charge in [0.25, 0.3) is 0 Å². The maximum atomic E-state index is 12.2. The molecule has 0 fully saturated rings. The molecule has 92 valence electrons. The second-order valence-corrected chi connectivity index (χ2v) is 4.03. The van der Waals surface area contributed by atoms with Gasteiger partial charge in [0, 0.05) is 23.7 Å². The van der Waals surface area contributed by atoms with Crippen molar-refractivity contribution in [1.29, 1.82) is 5.41 Å². The van der Waals surface area contributed by atoms with Crippen LogP contribution in [0.15, 0.2) is 29.8 Å². The Hall–Kier alpha value is -2.30. The van der Waals surface area contributed by atoms with E-state index >= 15 is 0 Å². The Morgan fingerprint density at radius 3 is 2.72 bits per heavy atom. The number of Topliss-reactive ketones (excluding diaryl/α,β-unsaturated/α-hetero) is 2. The lowest BCUT2D eigenvalue weighted by Crippen LogP contribution is -2.26. The number of rotatable bonds is 3. The largest absolute Gasteiger partial charge is 0.504 e. The zero-order valence-electron chi connectivity index (χ0n) is 9.86. The van der Waals surface area contributed by atoms with Gasteiger partial charge in [-0.3, -0.25) is 14.6 Å². The molecule has 0 bridgehead atoms. The monoisotopic (exact) mass is 244 g/mol. The van der Waals surface area contributed by atoms with E-state index in [1.807, 2.05) is 6.92 Å². The van der Waals surface area contributed by atoms with Crippen molar-refractivity contribution < 1.29 is 14.7 Å². The SMILES string of the molecule is CCCC(=N)C1=C(O)C(=O)c2cnccc2C1=O. The van der Waals surface area contributed by atoms with E-state index in [0.717, 1.165) is 0 Å². The molecule has 0 aliphatic heterocycles. The van der Waals surface area contributed by atoms with Crippen molar-refractivity contribution in [2.75, 3.05) is 0 Å². The molecule has 2 N–H and O–H groups in total. The lowest BCUT2D eigenvalue weighted by molar-refractivity contribution is 0.0933. The van der Waals surface area contributed by atoms with Crippen LogP contribution in [0.4, 0.5) is 0 Å². The summed E-state index contributed by atoms with van der Waals surface area (Å²) in [5.74, 6) is -1.77. The van der Waals surface area contributed by atoms with E-state index in [-0.39, 0.29) is 22.4 Å². The zero-order valence-corrected chi connectivity index (χ0v) is 9.86. The van der Waals surface area contributed by atoms with Crippen LogP contribution in [0.25, 0.3) is 0 Å². The van der Waals surface area contributed by atoms with E-state index in [0.29, 0.717) is 12.8 Å². The van der Waals surface area contributed by atoms with Crippen molar-refractivity contribution in [3.8, 4) is 0 Å². The first-order valence-corrected chi connectivity index (χ1v) is 5.62. The summed E-state index contributed by atoms with van der Waals surface area (Å²) in [6.45, 7) is 1.86. The predicted octanol–water partition coefficient (Wildman–Crippen LogP) is 2.09. The average Bonchev–Trinajstić information content (AvgIpc) is 2.37. The topological polar surface area (TPSA) is 91.1 Å². The number of hydrogen-bond acceptors (Lipinski definition) is 5. The maximum Gasteiger partial charge on any atom is 0.230 e. The standard InChI is InChI=1S/C13H12N2O3/c1-2-3-9(14)10-11(16)7-4-5-15-6-8(7)12(17)13(10)18/h4-6,14,18H,2-3H2,1H3. The molecule has 1 heterocycles. The number of aromatic nitrogens is 1. The van der Waals surface area contributed by atoms with Crippen LogP contribution in [0.2, 0.25) is 0 Å². The number of allylic oxidation sites excluding steroid dienone is 2. The molecule has 5 heteroatoms. The fourth-order valence-corrected chi connectivity index (χ4v) is 1.91.